The van der Waals surface area contributed by atoms with Crippen LogP contribution in [0.25, 0.3) is 0 Å². The highest BCUT2D eigenvalue weighted by atomic mass is 32.2. The molecule has 1 saturated heterocycles. The first-order valence-corrected chi connectivity index (χ1v) is 8.00. The Balaban J connectivity index is 2.52. The van der Waals surface area contributed by atoms with Gasteiger partial charge in [0.15, 0.2) is 0 Å². The van der Waals surface area contributed by atoms with E-state index in [0.717, 1.165) is 13.0 Å². The molecule has 0 amide bonds. The molecule has 1 aliphatic rings. The lowest BCUT2D eigenvalue weighted by Crippen LogP contribution is -2.33. The molecule has 0 radical (unpaired) electrons. The molecule has 0 spiro atoms. The second-order valence-electron chi connectivity index (χ2n) is 5.98. The summed E-state index contributed by atoms with van der Waals surface area (Å²) >= 11 is 0. The maximum atomic E-state index is 12.1. The molecule has 4 nitrogen and oxygen atoms in total. The predicted octanol–water partition coefficient (Wildman–Crippen LogP) is 1.29. The van der Waals surface area contributed by atoms with Gasteiger partial charge in [-0.3, -0.25) is 0 Å². The molecule has 17 heavy (non-hydrogen) atoms. The van der Waals surface area contributed by atoms with Gasteiger partial charge in [-0.25, -0.2) is 12.7 Å². The van der Waals surface area contributed by atoms with Gasteiger partial charge in [0.05, 0.1) is 5.75 Å². The molecule has 0 aromatic rings. The van der Waals surface area contributed by atoms with Crippen LogP contribution in [0.5, 0.6) is 0 Å². The van der Waals surface area contributed by atoms with E-state index in [1.54, 1.807) is 4.31 Å². The predicted molar refractivity (Wildman–Crippen MR) is 71.5 cm³/mol. The Bertz CT molecular complexity index is 333. The summed E-state index contributed by atoms with van der Waals surface area (Å²) in [5.41, 5.74) is 0.204. The van der Waals surface area contributed by atoms with Crippen molar-refractivity contribution < 1.29 is 8.42 Å². The highest BCUT2D eigenvalue weighted by molar-refractivity contribution is 7.89. The summed E-state index contributed by atoms with van der Waals surface area (Å²) in [6.07, 6.45) is 1.68. The fourth-order valence-corrected chi connectivity index (χ4v) is 3.81. The van der Waals surface area contributed by atoms with Crippen molar-refractivity contribution in [2.45, 2.75) is 33.6 Å². The molecule has 1 aliphatic heterocycles. The van der Waals surface area contributed by atoms with Crippen LogP contribution in [-0.4, -0.2) is 45.2 Å². The summed E-state index contributed by atoms with van der Waals surface area (Å²) < 4.78 is 25.8. The number of nitrogens with one attached hydrogen (secondary N) is 1. The van der Waals surface area contributed by atoms with E-state index in [1.165, 1.54) is 0 Å². The molecule has 1 atom stereocenters. The molecule has 0 aromatic carbocycles. The average Bonchev–Trinajstić information content (AvgIpc) is 2.66. The number of rotatable bonds is 5. The van der Waals surface area contributed by atoms with Gasteiger partial charge < -0.3 is 5.32 Å². The molecule has 1 fully saturated rings. The largest absolute Gasteiger partial charge is 0.320 e. The molecule has 0 aliphatic carbocycles. The molecule has 5 heteroatoms. The van der Waals surface area contributed by atoms with Crippen molar-refractivity contribution in [3.05, 3.63) is 0 Å². The molecule has 0 saturated carbocycles. The minimum atomic E-state index is -3.03. The van der Waals surface area contributed by atoms with Crippen molar-refractivity contribution >= 4 is 10.0 Å². The van der Waals surface area contributed by atoms with Gasteiger partial charge in [0, 0.05) is 13.1 Å². The minimum absolute atomic E-state index is 0.204. The number of hydrogen-bond donors (Lipinski definition) is 1. The lowest BCUT2D eigenvalue weighted by atomic mass is 9.80. The summed E-state index contributed by atoms with van der Waals surface area (Å²) in [5, 5.41) is 2.98. The fraction of sp³-hybridized carbons (Fsp3) is 1.00. The van der Waals surface area contributed by atoms with Crippen molar-refractivity contribution in [1.82, 2.24) is 9.62 Å². The fourth-order valence-electron chi connectivity index (χ4n) is 2.25. The summed E-state index contributed by atoms with van der Waals surface area (Å²) in [5.74, 6) is 0.756. The van der Waals surface area contributed by atoms with Crippen molar-refractivity contribution in [3.8, 4) is 0 Å². The summed E-state index contributed by atoms with van der Waals surface area (Å²) in [7, 11) is -1.19. The third-order valence-electron chi connectivity index (χ3n) is 3.60. The van der Waals surface area contributed by atoms with Crippen molar-refractivity contribution in [2.75, 3.05) is 32.4 Å². The van der Waals surface area contributed by atoms with Crippen LogP contribution in [0.3, 0.4) is 0 Å². The zero-order valence-corrected chi connectivity index (χ0v) is 12.3. The minimum Gasteiger partial charge on any atom is -0.320 e. The van der Waals surface area contributed by atoms with Crippen LogP contribution in [0.15, 0.2) is 0 Å². The van der Waals surface area contributed by atoms with E-state index in [2.05, 4.69) is 26.1 Å². The van der Waals surface area contributed by atoms with Crippen LogP contribution in [0.2, 0.25) is 0 Å². The first kappa shape index (κ1) is 14.9. The third kappa shape index (κ3) is 4.23. The van der Waals surface area contributed by atoms with Gasteiger partial charge in [-0.1, -0.05) is 20.8 Å². The standard InChI is InChI=1S/C12H26N2O2S/c1-12(2,3)11-6-8-14(10-11)17(15,16)9-5-7-13-4/h11,13H,5-10H2,1-4H3. The van der Waals surface area contributed by atoms with Crippen molar-refractivity contribution in [3.63, 3.8) is 0 Å². The Labute approximate surface area is 106 Å². The highest BCUT2D eigenvalue weighted by Crippen LogP contribution is 2.34. The van der Waals surface area contributed by atoms with Gasteiger partial charge in [-0.2, -0.15) is 0 Å². The first-order valence-electron chi connectivity index (χ1n) is 6.40. The van der Waals surface area contributed by atoms with Gasteiger partial charge in [0.1, 0.15) is 0 Å². The van der Waals surface area contributed by atoms with E-state index in [-0.39, 0.29) is 11.2 Å². The first-order chi connectivity index (χ1) is 7.77. The lowest BCUT2D eigenvalue weighted by molar-refractivity contribution is 0.252. The Morgan fingerprint density at radius 2 is 2.00 bits per heavy atom. The van der Waals surface area contributed by atoms with E-state index in [1.807, 2.05) is 7.05 Å². The lowest BCUT2D eigenvalue weighted by Gasteiger charge is -2.26. The quantitative estimate of drug-likeness (QED) is 0.760. The zero-order valence-electron chi connectivity index (χ0n) is 11.5. The topological polar surface area (TPSA) is 49.4 Å². The highest BCUT2D eigenvalue weighted by Gasteiger charge is 2.36. The van der Waals surface area contributed by atoms with Crippen molar-refractivity contribution in [2.24, 2.45) is 11.3 Å². The average molecular weight is 262 g/mol. The summed E-state index contributed by atoms with van der Waals surface area (Å²) in [6.45, 7) is 8.73. The van der Waals surface area contributed by atoms with Crippen molar-refractivity contribution in [1.29, 1.82) is 0 Å². The third-order valence-corrected chi connectivity index (χ3v) is 5.52. The van der Waals surface area contributed by atoms with Gasteiger partial charge in [-0.15, -0.1) is 0 Å². The maximum absolute atomic E-state index is 12.1. The smallest absolute Gasteiger partial charge is 0.214 e. The van der Waals surface area contributed by atoms with Crippen LogP contribution in [0.4, 0.5) is 0 Å². The van der Waals surface area contributed by atoms with Gasteiger partial charge in [0.2, 0.25) is 10.0 Å². The van der Waals surface area contributed by atoms with Crippen LogP contribution < -0.4 is 5.32 Å². The SMILES string of the molecule is CNCCCS(=O)(=O)N1CCC(C(C)(C)C)C1. The Hall–Kier alpha value is -0.130. The Kier molecular flexibility index (Phi) is 4.98. The second kappa shape index (κ2) is 5.67. The zero-order chi connectivity index (χ0) is 13.1. The van der Waals surface area contributed by atoms with Gasteiger partial charge >= 0.3 is 0 Å². The van der Waals surface area contributed by atoms with Crippen LogP contribution >= 0.6 is 0 Å². The number of sulfonamides is 1. The molecular formula is C12H26N2O2S. The second-order valence-corrected chi connectivity index (χ2v) is 8.07. The van der Waals surface area contributed by atoms with Gasteiger partial charge in [-0.05, 0) is 37.8 Å². The molecule has 1 N–H and O–H groups in total. The molecule has 0 bridgehead atoms. The number of nitrogens with zero attached hydrogens (tertiary/aromatic N) is 1. The van der Waals surface area contributed by atoms with E-state index < -0.39 is 10.0 Å². The Morgan fingerprint density at radius 1 is 1.35 bits per heavy atom. The van der Waals surface area contributed by atoms with E-state index in [9.17, 15) is 8.42 Å². The molecule has 1 heterocycles. The van der Waals surface area contributed by atoms with Crippen LogP contribution in [-0.2, 0) is 10.0 Å². The van der Waals surface area contributed by atoms with Crippen LogP contribution in [0.1, 0.15) is 33.6 Å². The maximum Gasteiger partial charge on any atom is 0.214 e. The summed E-state index contributed by atoms with van der Waals surface area (Å²) in [6, 6.07) is 0. The Morgan fingerprint density at radius 3 is 2.47 bits per heavy atom. The van der Waals surface area contributed by atoms with E-state index >= 15 is 0 Å². The van der Waals surface area contributed by atoms with E-state index in [4.69, 9.17) is 0 Å². The molecule has 1 rings (SSSR count). The monoisotopic (exact) mass is 262 g/mol. The number of hydrogen-bond acceptors (Lipinski definition) is 3. The van der Waals surface area contributed by atoms with E-state index in [0.29, 0.717) is 25.4 Å². The molecule has 0 aromatic heterocycles. The summed E-state index contributed by atoms with van der Waals surface area (Å²) in [4.78, 5) is 0. The van der Waals surface area contributed by atoms with Gasteiger partial charge in [0.25, 0.3) is 0 Å². The van der Waals surface area contributed by atoms with Crippen LogP contribution in [0, 0.1) is 11.3 Å². The normalized spacial score (nSPS) is 23.2. The molecular weight excluding hydrogens is 236 g/mol. The molecule has 102 valence electrons. The molecule has 1 unspecified atom stereocenters.